The van der Waals surface area contributed by atoms with Crippen molar-refractivity contribution in [3.63, 3.8) is 0 Å². The zero-order chi connectivity index (χ0) is 14.3. The number of para-hydroxylation sites is 1. The highest BCUT2D eigenvalue weighted by atomic mass is 16.6. The van der Waals surface area contributed by atoms with E-state index < -0.39 is 0 Å². The molecule has 0 aromatic heterocycles. The maximum atomic E-state index is 6.29. The number of benzene rings is 1. The number of fused-ring (bicyclic) bond motifs is 1. The molecule has 1 aromatic rings. The molecule has 3 heterocycles. The van der Waals surface area contributed by atoms with Gasteiger partial charge in [0.05, 0.1) is 12.2 Å². The van der Waals surface area contributed by atoms with E-state index in [1.54, 1.807) is 0 Å². The van der Waals surface area contributed by atoms with E-state index in [-0.39, 0.29) is 11.6 Å². The Labute approximate surface area is 126 Å². The topological polar surface area (TPSA) is 47.7 Å². The molecule has 3 unspecified atom stereocenters. The molecule has 4 heteroatoms. The van der Waals surface area contributed by atoms with Crippen molar-refractivity contribution in [2.24, 2.45) is 5.73 Å². The van der Waals surface area contributed by atoms with Crippen molar-refractivity contribution in [1.29, 1.82) is 0 Å². The molecule has 0 amide bonds. The number of nitrogens with zero attached hydrogens (tertiary/aromatic N) is 1. The largest absolute Gasteiger partial charge is 0.378 e. The summed E-state index contributed by atoms with van der Waals surface area (Å²) in [7, 11) is 0. The van der Waals surface area contributed by atoms with Gasteiger partial charge < -0.3 is 20.1 Å². The van der Waals surface area contributed by atoms with Gasteiger partial charge in [0.1, 0.15) is 0 Å². The van der Waals surface area contributed by atoms with E-state index in [0.717, 1.165) is 52.0 Å². The van der Waals surface area contributed by atoms with Crippen molar-refractivity contribution in [2.75, 3.05) is 31.3 Å². The first kappa shape index (κ1) is 13.6. The Morgan fingerprint density at radius 3 is 3.00 bits per heavy atom. The summed E-state index contributed by atoms with van der Waals surface area (Å²) in [5.74, 6) is 0. The van der Waals surface area contributed by atoms with Crippen LogP contribution in [0.15, 0.2) is 24.3 Å². The quantitative estimate of drug-likeness (QED) is 0.855. The predicted octanol–water partition coefficient (Wildman–Crippen LogP) is 1.71. The number of nitrogens with two attached hydrogens (primary N) is 1. The van der Waals surface area contributed by atoms with Gasteiger partial charge in [-0.15, -0.1) is 0 Å². The number of hydrogen-bond acceptors (Lipinski definition) is 4. The first-order chi connectivity index (χ1) is 10.3. The van der Waals surface area contributed by atoms with Crippen molar-refractivity contribution in [3.05, 3.63) is 29.8 Å². The van der Waals surface area contributed by atoms with Crippen LogP contribution in [-0.2, 0) is 15.9 Å². The van der Waals surface area contributed by atoms with Gasteiger partial charge in [0.2, 0.25) is 0 Å². The molecule has 1 spiro atoms. The maximum Gasteiger partial charge on any atom is 0.0956 e. The van der Waals surface area contributed by atoms with Crippen LogP contribution >= 0.6 is 0 Å². The van der Waals surface area contributed by atoms with E-state index in [9.17, 15) is 0 Å². The minimum atomic E-state index is -0.0423. The summed E-state index contributed by atoms with van der Waals surface area (Å²) in [6.45, 7) is 3.38. The zero-order valence-corrected chi connectivity index (χ0v) is 12.5. The van der Waals surface area contributed by atoms with Crippen LogP contribution in [0.3, 0.4) is 0 Å². The highest BCUT2D eigenvalue weighted by Crippen LogP contribution is 2.38. The van der Waals surface area contributed by atoms with Gasteiger partial charge in [0.15, 0.2) is 0 Å². The minimum Gasteiger partial charge on any atom is -0.378 e. The number of anilines is 1. The summed E-state index contributed by atoms with van der Waals surface area (Å²) >= 11 is 0. The molecule has 0 aliphatic carbocycles. The van der Waals surface area contributed by atoms with Gasteiger partial charge in [0, 0.05) is 44.0 Å². The second-order valence-corrected chi connectivity index (χ2v) is 6.73. The lowest BCUT2D eigenvalue weighted by atomic mass is 9.86. The Kier molecular flexibility index (Phi) is 3.40. The lowest BCUT2D eigenvalue weighted by Crippen LogP contribution is -2.54. The molecule has 2 saturated heterocycles. The van der Waals surface area contributed by atoms with E-state index in [4.69, 9.17) is 15.2 Å². The molecule has 3 atom stereocenters. The summed E-state index contributed by atoms with van der Waals surface area (Å²) in [4.78, 5) is 2.53. The van der Waals surface area contributed by atoms with Crippen LogP contribution < -0.4 is 10.6 Å². The number of rotatable bonds is 1. The van der Waals surface area contributed by atoms with Crippen LogP contribution in [0.1, 0.15) is 24.8 Å². The first-order valence-corrected chi connectivity index (χ1v) is 8.08. The smallest absolute Gasteiger partial charge is 0.0956 e. The molecule has 3 aliphatic heterocycles. The van der Waals surface area contributed by atoms with Gasteiger partial charge >= 0.3 is 0 Å². The third-order valence-electron chi connectivity index (χ3n) is 5.19. The van der Waals surface area contributed by atoms with Gasteiger partial charge in [-0.1, -0.05) is 18.2 Å². The molecular weight excluding hydrogens is 264 g/mol. The van der Waals surface area contributed by atoms with Crippen LogP contribution in [0.5, 0.6) is 0 Å². The Balaban J connectivity index is 1.61. The average Bonchev–Trinajstić information content (AvgIpc) is 2.94. The highest BCUT2D eigenvalue weighted by molar-refractivity contribution is 5.57. The van der Waals surface area contributed by atoms with Crippen LogP contribution in [-0.4, -0.2) is 44.1 Å². The van der Waals surface area contributed by atoms with E-state index in [1.807, 2.05) is 0 Å². The second-order valence-electron chi connectivity index (χ2n) is 6.73. The third kappa shape index (κ3) is 2.45. The van der Waals surface area contributed by atoms with Crippen LogP contribution in [0.4, 0.5) is 5.69 Å². The Morgan fingerprint density at radius 2 is 2.14 bits per heavy atom. The normalized spacial score (nSPS) is 36.0. The highest BCUT2D eigenvalue weighted by Gasteiger charge is 2.43. The lowest BCUT2D eigenvalue weighted by molar-refractivity contribution is -0.0861. The Hall–Kier alpha value is -1.10. The second kappa shape index (κ2) is 5.27. The molecule has 4 rings (SSSR count). The predicted molar refractivity (Wildman–Crippen MR) is 82.6 cm³/mol. The molecule has 2 fully saturated rings. The minimum absolute atomic E-state index is 0.0423. The number of ether oxygens (including phenoxy) is 2. The van der Waals surface area contributed by atoms with Gasteiger partial charge in [0.25, 0.3) is 0 Å². The Morgan fingerprint density at radius 1 is 1.24 bits per heavy atom. The van der Waals surface area contributed by atoms with Crippen LogP contribution in [0.25, 0.3) is 0 Å². The molecule has 3 aliphatic rings. The summed E-state index contributed by atoms with van der Waals surface area (Å²) in [5.41, 5.74) is 9.02. The Bertz CT molecular complexity index is 513. The van der Waals surface area contributed by atoms with Crippen molar-refractivity contribution in [1.82, 2.24) is 0 Å². The van der Waals surface area contributed by atoms with Crippen molar-refractivity contribution in [2.45, 2.75) is 43.4 Å². The fourth-order valence-electron chi connectivity index (χ4n) is 4.14. The average molecular weight is 288 g/mol. The third-order valence-corrected chi connectivity index (χ3v) is 5.19. The molecule has 21 heavy (non-hydrogen) atoms. The molecule has 114 valence electrons. The van der Waals surface area contributed by atoms with Gasteiger partial charge in [-0.25, -0.2) is 0 Å². The molecular formula is C17H24N2O2. The SMILES string of the molecule is NC1Cc2ccccc2N(C2CCOC3(CCOC3)C2)C1. The maximum absolute atomic E-state index is 6.29. The molecule has 2 N–H and O–H groups in total. The molecule has 0 saturated carbocycles. The van der Waals surface area contributed by atoms with Gasteiger partial charge in [-0.05, 0) is 30.9 Å². The molecule has 0 bridgehead atoms. The van der Waals surface area contributed by atoms with E-state index in [0.29, 0.717) is 6.04 Å². The molecule has 4 nitrogen and oxygen atoms in total. The first-order valence-electron chi connectivity index (χ1n) is 8.08. The standard InChI is InChI=1S/C17H24N2O2/c18-14-9-13-3-1-2-4-16(13)19(11-14)15-5-7-21-17(10-15)6-8-20-12-17/h1-4,14-15H,5-12,18H2. The van der Waals surface area contributed by atoms with E-state index >= 15 is 0 Å². The lowest BCUT2D eigenvalue weighted by Gasteiger charge is -2.46. The van der Waals surface area contributed by atoms with E-state index in [2.05, 4.69) is 29.2 Å². The van der Waals surface area contributed by atoms with Gasteiger partial charge in [-0.3, -0.25) is 0 Å². The summed E-state index contributed by atoms with van der Waals surface area (Å²) < 4.78 is 11.7. The van der Waals surface area contributed by atoms with E-state index in [1.165, 1.54) is 11.3 Å². The molecule has 1 aromatic carbocycles. The zero-order valence-electron chi connectivity index (χ0n) is 12.5. The summed E-state index contributed by atoms with van der Waals surface area (Å²) in [6, 6.07) is 9.47. The number of hydrogen-bond donors (Lipinski definition) is 1. The summed E-state index contributed by atoms with van der Waals surface area (Å²) in [6.07, 6.45) is 4.17. The van der Waals surface area contributed by atoms with Crippen molar-refractivity contribution in [3.8, 4) is 0 Å². The fraction of sp³-hybridized carbons (Fsp3) is 0.647. The molecule has 0 radical (unpaired) electrons. The van der Waals surface area contributed by atoms with Crippen molar-refractivity contribution >= 4 is 5.69 Å². The van der Waals surface area contributed by atoms with Crippen LogP contribution in [0, 0.1) is 0 Å². The van der Waals surface area contributed by atoms with Crippen molar-refractivity contribution < 1.29 is 9.47 Å². The van der Waals surface area contributed by atoms with Crippen LogP contribution in [0.2, 0.25) is 0 Å². The summed E-state index contributed by atoms with van der Waals surface area (Å²) in [5, 5.41) is 0. The van der Waals surface area contributed by atoms with Gasteiger partial charge in [-0.2, -0.15) is 0 Å². The monoisotopic (exact) mass is 288 g/mol. The fourth-order valence-corrected chi connectivity index (χ4v) is 4.14.